The molecule has 1 aromatic rings. The third-order valence-electron chi connectivity index (χ3n) is 6.22. The minimum atomic E-state index is -4.40. The number of rotatable bonds is 3. The second kappa shape index (κ2) is 6.94. The van der Waals surface area contributed by atoms with Gasteiger partial charge in [0.05, 0.1) is 5.92 Å². The Balaban J connectivity index is 1.64. The van der Waals surface area contributed by atoms with Crippen LogP contribution in [0.15, 0.2) is 18.3 Å². The topological polar surface area (TPSA) is 69.3 Å². The first-order valence-electron chi connectivity index (χ1n) is 9.37. The summed E-state index contributed by atoms with van der Waals surface area (Å²) in [6, 6.07) is 3.31. The van der Waals surface area contributed by atoms with Gasteiger partial charge in [-0.15, -0.1) is 0 Å². The SMILES string of the molecule is CNc1ncccc1C1CCC2C3NNCC3C(=O)N(CC(F)(F)F)C2C1. The number of amides is 1. The first-order valence-corrected chi connectivity index (χ1v) is 9.37. The van der Waals surface area contributed by atoms with Gasteiger partial charge in [-0.05, 0) is 42.7 Å². The van der Waals surface area contributed by atoms with Crippen LogP contribution in [0.2, 0.25) is 0 Å². The largest absolute Gasteiger partial charge is 0.406 e. The molecule has 148 valence electrons. The van der Waals surface area contributed by atoms with E-state index < -0.39 is 30.6 Å². The van der Waals surface area contributed by atoms with Crippen molar-refractivity contribution >= 4 is 11.7 Å². The van der Waals surface area contributed by atoms with Gasteiger partial charge in [0.15, 0.2) is 0 Å². The summed E-state index contributed by atoms with van der Waals surface area (Å²) in [5.74, 6) is 0.0463. The average Bonchev–Trinajstić information content (AvgIpc) is 3.14. The Morgan fingerprint density at radius 1 is 1.37 bits per heavy atom. The van der Waals surface area contributed by atoms with Gasteiger partial charge < -0.3 is 10.2 Å². The highest BCUT2D eigenvalue weighted by atomic mass is 19.4. The van der Waals surface area contributed by atoms with E-state index in [0.717, 1.165) is 29.1 Å². The molecule has 6 nitrogen and oxygen atoms in total. The Labute approximate surface area is 155 Å². The Kier molecular flexibility index (Phi) is 4.75. The minimum absolute atomic E-state index is 0.0241. The van der Waals surface area contributed by atoms with Crippen LogP contribution in [0.3, 0.4) is 0 Å². The number of halogens is 3. The molecule has 3 aliphatic rings. The van der Waals surface area contributed by atoms with Gasteiger partial charge in [-0.1, -0.05) is 6.07 Å². The van der Waals surface area contributed by atoms with Crippen LogP contribution in [0, 0.1) is 11.8 Å². The molecular formula is C18H24F3N5O. The summed E-state index contributed by atoms with van der Waals surface area (Å²) in [6.45, 7) is -0.786. The van der Waals surface area contributed by atoms with Crippen LogP contribution in [0.5, 0.6) is 0 Å². The lowest BCUT2D eigenvalue weighted by atomic mass is 9.67. The molecule has 1 amide bonds. The number of anilines is 1. The highest BCUT2D eigenvalue weighted by Gasteiger charge is 2.54. The Hall–Kier alpha value is -1.87. The van der Waals surface area contributed by atoms with Crippen molar-refractivity contribution < 1.29 is 18.0 Å². The number of pyridine rings is 1. The van der Waals surface area contributed by atoms with Crippen molar-refractivity contribution in [1.29, 1.82) is 0 Å². The van der Waals surface area contributed by atoms with Gasteiger partial charge in [-0.25, -0.2) is 4.98 Å². The van der Waals surface area contributed by atoms with Gasteiger partial charge in [0, 0.05) is 31.9 Å². The summed E-state index contributed by atoms with van der Waals surface area (Å²) in [5, 5.41) is 3.07. The third kappa shape index (κ3) is 3.38. The maximum Gasteiger partial charge on any atom is 0.406 e. The van der Waals surface area contributed by atoms with Crippen LogP contribution in [0.4, 0.5) is 19.0 Å². The standard InChI is InChI=1S/C18H24F3N5O/c1-22-16-11(3-2-6-23-16)10-4-5-12-14(7-10)26(9-18(19,20)21)17(27)13-8-24-25-15(12)13/h2-3,6,10,12-15,24-25H,4-5,7-9H2,1H3,(H,22,23). The number of alkyl halides is 3. The van der Waals surface area contributed by atoms with Crippen molar-refractivity contribution in [3.8, 4) is 0 Å². The van der Waals surface area contributed by atoms with Crippen LogP contribution in [0.25, 0.3) is 0 Å². The van der Waals surface area contributed by atoms with Crippen LogP contribution in [-0.4, -0.2) is 54.2 Å². The maximum absolute atomic E-state index is 13.2. The van der Waals surface area contributed by atoms with Crippen LogP contribution in [-0.2, 0) is 4.79 Å². The molecule has 0 bridgehead atoms. The Morgan fingerprint density at radius 3 is 2.93 bits per heavy atom. The molecule has 1 aromatic heterocycles. The number of nitrogens with zero attached hydrogens (tertiary/aromatic N) is 2. The number of hydrogen-bond donors (Lipinski definition) is 3. The first-order chi connectivity index (χ1) is 12.9. The van der Waals surface area contributed by atoms with Crippen molar-refractivity contribution in [3.63, 3.8) is 0 Å². The molecule has 1 aliphatic carbocycles. The van der Waals surface area contributed by atoms with E-state index in [1.165, 1.54) is 0 Å². The molecular weight excluding hydrogens is 359 g/mol. The molecule has 3 fully saturated rings. The molecule has 3 N–H and O–H groups in total. The molecule has 3 heterocycles. The number of nitrogens with one attached hydrogen (secondary N) is 3. The number of hydrazine groups is 1. The summed E-state index contributed by atoms with van der Waals surface area (Å²) in [6.07, 6.45) is -0.521. The molecule has 0 spiro atoms. The monoisotopic (exact) mass is 383 g/mol. The second-order valence-corrected chi connectivity index (χ2v) is 7.67. The number of piperidine rings is 1. The Bertz CT molecular complexity index is 712. The van der Waals surface area contributed by atoms with Gasteiger partial charge in [0.1, 0.15) is 12.4 Å². The van der Waals surface area contributed by atoms with Crippen LogP contribution in [0.1, 0.15) is 30.7 Å². The molecule has 2 saturated heterocycles. The van der Waals surface area contributed by atoms with Crippen molar-refractivity contribution in [3.05, 3.63) is 23.9 Å². The fourth-order valence-electron chi connectivity index (χ4n) is 5.11. The summed E-state index contributed by atoms with van der Waals surface area (Å²) in [7, 11) is 1.79. The average molecular weight is 383 g/mol. The summed E-state index contributed by atoms with van der Waals surface area (Å²) < 4.78 is 39.6. The van der Waals surface area contributed by atoms with Crippen molar-refractivity contribution in [2.24, 2.45) is 11.8 Å². The number of likely N-dealkylation sites (tertiary alicyclic amines) is 1. The van der Waals surface area contributed by atoms with E-state index in [1.54, 1.807) is 13.2 Å². The molecule has 0 aromatic carbocycles. The predicted octanol–water partition coefficient (Wildman–Crippen LogP) is 1.87. The highest BCUT2D eigenvalue weighted by Crippen LogP contribution is 2.46. The number of hydrogen-bond acceptors (Lipinski definition) is 5. The second-order valence-electron chi connectivity index (χ2n) is 7.67. The first kappa shape index (κ1) is 18.5. The van der Waals surface area contributed by atoms with Crippen molar-refractivity contribution in [2.75, 3.05) is 25.5 Å². The highest BCUT2D eigenvalue weighted by molar-refractivity contribution is 5.82. The van der Waals surface area contributed by atoms with Gasteiger partial charge in [0.25, 0.3) is 0 Å². The molecule has 0 radical (unpaired) electrons. The zero-order valence-electron chi connectivity index (χ0n) is 15.1. The minimum Gasteiger partial charge on any atom is -0.373 e. The maximum atomic E-state index is 13.2. The third-order valence-corrected chi connectivity index (χ3v) is 6.22. The molecule has 27 heavy (non-hydrogen) atoms. The van der Waals surface area contributed by atoms with E-state index in [4.69, 9.17) is 0 Å². The van der Waals surface area contributed by atoms with E-state index in [2.05, 4.69) is 21.2 Å². The summed E-state index contributed by atoms with van der Waals surface area (Å²) in [5.41, 5.74) is 7.13. The van der Waals surface area contributed by atoms with Crippen molar-refractivity contribution in [2.45, 2.75) is 43.4 Å². The number of fused-ring (bicyclic) bond motifs is 3. The molecule has 2 aliphatic heterocycles. The van der Waals surface area contributed by atoms with Gasteiger partial charge in [0.2, 0.25) is 5.91 Å². The lowest BCUT2D eigenvalue weighted by molar-refractivity contribution is -0.178. The molecule has 5 atom stereocenters. The summed E-state index contributed by atoms with van der Waals surface area (Å²) >= 11 is 0. The van der Waals surface area contributed by atoms with Gasteiger partial charge in [-0.3, -0.25) is 15.6 Å². The van der Waals surface area contributed by atoms with Crippen molar-refractivity contribution in [1.82, 2.24) is 20.7 Å². The van der Waals surface area contributed by atoms with Crippen LogP contribution >= 0.6 is 0 Å². The fraction of sp³-hybridized carbons (Fsp3) is 0.667. The number of carbonyl (C=O) groups is 1. The normalized spacial score (nSPS) is 33.6. The molecule has 1 saturated carbocycles. The smallest absolute Gasteiger partial charge is 0.373 e. The van der Waals surface area contributed by atoms with E-state index >= 15 is 0 Å². The number of aromatic nitrogens is 1. The zero-order valence-corrected chi connectivity index (χ0v) is 15.1. The van der Waals surface area contributed by atoms with E-state index in [-0.39, 0.29) is 17.9 Å². The molecule has 9 heteroatoms. The fourth-order valence-corrected chi connectivity index (χ4v) is 5.11. The predicted molar refractivity (Wildman–Crippen MR) is 93.8 cm³/mol. The number of carbonyl (C=O) groups excluding carboxylic acids is 1. The quantitative estimate of drug-likeness (QED) is 0.744. The molecule has 5 unspecified atom stereocenters. The lowest BCUT2D eigenvalue weighted by Crippen LogP contribution is -2.63. The zero-order chi connectivity index (χ0) is 19.2. The molecule has 4 rings (SSSR count). The lowest BCUT2D eigenvalue weighted by Gasteiger charge is -2.50. The van der Waals surface area contributed by atoms with E-state index in [1.807, 2.05) is 12.1 Å². The van der Waals surface area contributed by atoms with E-state index in [0.29, 0.717) is 13.0 Å². The summed E-state index contributed by atoms with van der Waals surface area (Å²) in [4.78, 5) is 18.3. The Morgan fingerprint density at radius 2 is 2.19 bits per heavy atom. The van der Waals surface area contributed by atoms with Gasteiger partial charge >= 0.3 is 6.18 Å². The van der Waals surface area contributed by atoms with Crippen LogP contribution < -0.4 is 16.2 Å². The van der Waals surface area contributed by atoms with Gasteiger partial charge in [-0.2, -0.15) is 13.2 Å². The van der Waals surface area contributed by atoms with E-state index in [9.17, 15) is 18.0 Å².